The molecule has 1 saturated heterocycles. The van der Waals surface area contributed by atoms with Crippen molar-refractivity contribution in [3.05, 3.63) is 35.9 Å². The number of benzene rings is 1. The van der Waals surface area contributed by atoms with E-state index in [1.807, 2.05) is 4.57 Å². The van der Waals surface area contributed by atoms with Crippen molar-refractivity contribution in [3.63, 3.8) is 0 Å². The fourth-order valence-corrected chi connectivity index (χ4v) is 3.39. The molecule has 5 nitrogen and oxygen atoms in total. The highest BCUT2D eigenvalue weighted by Crippen LogP contribution is 2.23. The molecule has 120 valence electrons. The third-order valence-electron chi connectivity index (χ3n) is 3.86. The summed E-state index contributed by atoms with van der Waals surface area (Å²) in [7, 11) is 0. The van der Waals surface area contributed by atoms with Crippen LogP contribution in [0.3, 0.4) is 0 Å². The molecule has 7 heteroatoms. The molecule has 2 aromatic rings. The molecule has 3 rings (SSSR count). The minimum Gasteiger partial charge on any atom is -0.296 e. The average molecular weight is 331 g/mol. The lowest BCUT2D eigenvalue weighted by Crippen LogP contribution is -2.30. The molecular weight excluding hydrogens is 313 g/mol. The van der Waals surface area contributed by atoms with Crippen LogP contribution in [0.2, 0.25) is 0 Å². The van der Waals surface area contributed by atoms with Crippen LogP contribution in [-0.4, -0.2) is 38.5 Å². The second-order valence-corrected chi connectivity index (χ2v) is 6.44. The van der Waals surface area contributed by atoms with E-state index in [0.717, 1.165) is 31.1 Å². The van der Waals surface area contributed by atoms with Crippen molar-refractivity contribution in [2.75, 3.05) is 18.8 Å². The zero-order valence-electron chi connectivity index (χ0n) is 12.8. The molecule has 0 atom stereocenters. The van der Waals surface area contributed by atoms with Gasteiger partial charge in [0.2, 0.25) is 0 Å². The molecular formula is C16H18FN5S. The third kappa shape index (κ3) is 3.89. The van der Waals surface area contributed by atoms with E-state index in [2.05, 4.69) is 21.2 Å². The Morgan fingerprint density at radius 1 is 1.13 bits per heavy atom. The van der Waals surface area contributed by atoms with E-state index in [1.54, 1.807) is 12.1 Å². The van der Waals surface area contributed by atoms with Crippen molar-refractivity contribution in [2.45, 2.75) is 31.0 Å². The van der Waals surface area contributed by atoms with Crippen LogP contribution >= 0.6 is 11.8 Å². The maximum absolute atomic E-state index is 13.2. The first-order chi connectivity index (χ1) is 11.3. The van der Waals surface area contributed by atoms with E-state index in [0.29, 0.717) is 10.9 Å². The average Bonchev–Trinajstić information content (AvgIpc) is 2.97. The fraction of sp³-hybridized carbons (Fsp3) is 0.438. The maximum Gasteiger partial charge on any atom is 0.196 e. The van der Waals surface area contributed by atoms with Gasteiger partial charge in [-0.25, -0.2) is 4.39 Å². The molecule has 0 unspecified atom stereocenters. The summed E-state index contributed by atoms with van der Waals surface area (Å²) >= 11 is 1.34. The van der Waals surface area contributed by atoms with Gasteiger partial charge in [-0.3, -0.25) is 9.47 Å². The fourth-order valence-electron chi connectivity index (χ4n) is 2.76. The maximum atomic E-state index is 13.2. The number of hydrogen-bond acceptors (Lipinski definition) is 5. The Hall–Kier alpha value is -1.91. The van der Waals surface area contributed by atoms with Gasteiger partial charge in [0.1, 0.15) is 5.82 Å². The normalized spacial score (nSPS) is 15.5. The van der Waals surface area contributed by atoms with Gasteiger partial charge in [-0.05, 0) is 50.2 Å². The predicted octanol–water partition coefficient (Wildman–Crippen LogP) is 3.01. The number of hydrogen-bond donors (Lipinski definition) is 0. The van der Waals surface area contributed by atoms with Crippen LogP contribution < -0.4 is 0 Å². The highest BCUT2D eigenvalue weighted by Gasteiger charge is 2.18. The molecule has 0 bridgehead atoms. The van der Waals surface area contributed by atoms with Gasteiger partial charge in [-0.15, -0.1) is 10.2 Å². The first-order valence-corrected chi connectivity index (χ1v) is 8.69. The summed E-state index contributed by atoms with van der Waals surface area (Å²) in [6.07, 6.45) is 3.70. The summed E-state index contributed by atoms with van der Waals surface area (Å²) in [5.74, 6) is 0.868. The minimum absolute atomic E-state index is 0.273. The lowest BCUT2D eigenvalue weighted by Gasteiger charge is -2.26. The quantitative estimate of drug-likeness (QED) is 0.788. The third-order valence-corrected chi connectivity index (χ3v) is 4.66. The molecule has 1 aromatic carbocycles. The second kappa shape index (κ2) is 7.57. The number of rotatable bonds is 5. The Labute approximate surface area is 139 Å². The molecule has 1 aliphatic rings. The molecule has 0 aliphatic carbocycles. The molecule has 1 fully saturated rings. The van der Waals surface area contributed by atoms with Gasteiger partial charge in [0, 0.05) is 5.69 Å². The first-order valence-electron chi connectivity index (χ1n) is 7.70. The van der Waals surface area contributed by atoms with E-state index < -0.39 is 0 Å². The summed E-state index contributed by atoms with van der Waals surface area (Å²) in [6, 6.07) is 8.40. The van der Waals surface area contributed by atoms with E-state index in [4.69, 9.17) is 5.26 Å². The Kier molecular flexibility index (Phi) is 5.26. The zero-order valence-corrected chi connectivity index (χ0v) is 13.6. The molecule has 0 radical (unpaired) electrons. The van der Waals surface area contributed by atoms with E-state index in [9.17, 15) is 4.39 Å². The van der Waals surface area contributed by atoms with Gasteiger partial charge in [0.05, 0.1) is 18.4 Å². The van der Waals surface area contributed by atoms with Crippen molar-refractivity contribution in [1.29, 1.82) is 5.26 Å². The van der Waals surface area contributed by atoms with Crippen molar-refractivity contribution >= 4 is 11.8 Å². The largest absolute Gasteiger partial charge is 0.296 e. The Morgan fingerprint density at radius 3 is 2.57 bits per heavy atom. The van der Waals surface area contributed by atoms with Crippen LogP contribution in [0.1, 0.15) is 25.1 Å². The topological polar surface area (TPSA) is 57.7 Å². The number of nitrogens with zero attached hydrogens (tertiary/aromatic N) is 5. The first kappa shape index (κ1) is 16.0. The van der Waals surface area contributed by atoms with Crippen LogP contribution in [0.25, 0.3) is 5.69 Å². The predicted molar refractivity (Wildman–Crippen MR) is 86.8 cm³/mol. The lowest BCUT2D eigenvalue weighted by atomic mass is 10.1. The molecule has 2 heterocycles. The molecule has 1 aliphatic heterocycles. The van der Waals surface area contributed by atoms with Crippen LogP contribution in [0, 0.1) is 17.1 Å². The number of piperidine rings is 1. The summed E-state index contributed by atoms with van der Waals surface area (Å²) in [5.41, 5.74) is 0.823. The standard InChI is InChI=1S/C16H18FN5S/c17-13-4-6-14(7-5-13)22-15(12-21-9-2-1-3-10-21)19-20-16(22)23-11-8-18/h4-7H,1-3,9-12H2. The van der Waals surface area contributed by atoms with Gasteiger partial charge in [-0.2, -0.15) is 5.26 Å². The van der Waals surface area contributed by atoms with Gasteiger partial charge in [-0.1, -0.05) is 18.2 Å². The lowest BCUT2D eigenvalue weighted by molar-refractivity contribution is 0.214. The minimum atomic E-state index is -0.273. The Morgan fingerprint density at radius 2 is 1.87 bits per heavy atom. The van der Waals surface area contributed by atoms with Gasteiger partial charge >= 0.3 is 0 Å². The summed E-state index contributed by atoms with van der Waals surface area (Å²) in [6.45, 7) is 2.85. The Bertz CT molecular complexity index is 685. The number of aromatic nitrogens is 3. The number of thioether (sulfide) groups is 1. The van der Waals surface area contributed by atoms with E-state index in [1.165, 1.54) is 43.2 Å². The molecule has 23 heavy (non-hydrogen) atoms. The smallest absolute Gasteiger partial charge is 0.196 e. The van der Waals surface area contributed by atoms with Crippen LogP contribution in [0.15, 0.2) is 29.4 Å². The molecule has 0 N–H and O–H groups in total. The van der Waals surface area contributed by atoms with Crippen molar-refractivity contribution in [3.8, 4) is 11.8 Å². The van der Waals surface area contributed by atoms with Gasteiger partial charge < -0.3 is 0 Å². The van der Waals surface area contributed by atoms with Gasteiger partial charge in [0.25, 0.3) is 0 Å². The van der Waals surface area contributed by atoms with Gasteiger partial charge in [0.15, 0.2) is 11.0 Å². The number of nitriles is 1. The molecule has 0 saturated carbocycles. The summed E-state index contributed by atoms with van der Waals surface area (Å²) in [4.78, 5) is 2.37. The van der Waals surface area contributed by atoms with Crippen molar-refractivity contribution in [1.82, 2.24) is 19.7 Å². The molecule has 1 aromatic heterocycles. The van der Waals surface area contributed by atoms with Crippen LogP contribution in [0.4, 0.5) is 4.39 Å². The monoisotopic (exact) mass is 331 g/mol. The number of halogens is 1. The summed E-state index contributed by atoms with van der Waals surface area (Å²) in [5, 5.41) is 18.0. The molecule has 0 spiro atoms. The van der Waals surface area contributed by atoms with Crippen molar-refractivity contribution in [2.24, 2.45) is 0 Å². The highest BCUT2D eigenvalue weighted by molar-refractivity contribution is 7.99. The second-order valence-electron chi connectivity index (χ2n) is 5.49. The molecule has 0 amide bonds. The van der Waals surface area contributed by atoms with Crippen LogP contribution in [-0.2, 0) is 6.54 Å². The Balaban J connectivity index is 1.90. The van der Waals surface area contributed by atoms with Crippen molar-refractivity contribution < 1.29 is 4.39 Å². The SMILES string of the molecule is N#CCSc1nnc(CN2CCCCC2)n1-c1ccc(F)cc1. The number of likely N-dealkylation sites (tertiary alicyclic amines) is 1. The van der Waals surface area contributed by atoms with Crippen LogP contribution in [0.5, 0.6) is 0 Å². The highest BCUT2D eigenvalue weighted by atomic mass is 32.2. The van der Waals surface area contributed by atoms with E-state index in [-0.39, 0.29) is 5.82 Å². The van der Waals surface area contributed by atoms with E-state index >= 15 is 0 Å². The summed E-state index contributed by atoms with van der Waals surface area (Å²) < 4.78 is 15.1. The zero-order chi connectivity index (χ0) is 16.1.